The Hall–Kier alpha value is -5.57. The van der Waals surface area contributed by atoms with Gasteiger partial charge in [0.15, 0.2) is 0 Å². The van der Waals surface area contributed by atoms with Gasteiger partial charge in [-0.1, -0.05) is 77.9 Å². The molecule has 0 atom stereocenters. The third-order valence-corrected chi connectivity index (χ3v) is 7.43. The van der Waals surface area contributed by atoms with E-state index in [2.05, 4.69) is 49.5 Å². The number of anilines is 3. The molecular formula is C34H31N7O2. The van der Waals surface area contributed by atoms with Crippen LogP contribution in [0, 0.1) is 0 Å². The number of carbonyl (C=O) groups excluding carboxylic acids is 2. The number of hydrogen-bond donors (Lipinski definition) is 3. The van der Waals surface area contributed by atoms with Crippen molar-refractivity contribution in [2.24, 2.45) is 0 Å². The summed E-state index contributed by atoms with van der Waals surface area (Å²) in [7, 11) is 0. The summed E-state index contributed by atoms with van der Waals surface area (Å²) in [6, 6.07) is 32.9. The SMILES string of the molecule is O=C(Nc1nn[nH]n1)c1ccc(CN(C(=O)Nc2cccc(-c3ccccc3)c2)c2ccc(C3=CCCCC3)cc2)cc1. The Morgan fingerprint density at radius 2 is 1.58 bits per heavy atom. The third-order valence-electron chi connectivity index (χ3n) is 7.43. The number of hydrogen-bond acceptors (Lipinski definition) is 5. The smallest absolute Gasteiger partial charge is 0.308 e. The van der Waals surface area contributed by atoms with Crippen LogP contribution in [0.4, 0.5) is 22.1 Å². The molecular weight excluding hydrogens is 538 g/mol. The Bertz CT molecular complexity index is 1720. The molecule has 0 fully saturated rings. The average Bonchev–Trinajstić information content (AvgIpc) is 3.58. The van der Waals surface area contributed by atoms with Crippen molar-refractivity contribution in [3.8, 4) is 11.1 Å². The van der Waals surface area contributed by atoms with Gasteiger partial charge >= 0.3 is 6.03 Å². The number of allylic oxidation sites excluding steroid dienone is 2. The summed E-state index contributed by atoms with van der Waals surface area (Å²) >= 11 is 0. The second-order valence-electron chi connectivity index (χ2n) is 10.4. The Kier molecular flexibility index (Phi) is 8.31. The number of benzene rings is 4. The maximum Gasteiger partial charge on any atom is 0.326 e. The molecule has 4 aromatic carbocycles. The molecule has 1 heterocycles. The molecule has 0 spiro atoms. The number of H-pyrrole nitrogens is 1. The van der Waals surface area contributed by atoms with Crippen molar-refractivity contribution in [3.05, 3.63) is 126 Å². The van der Waals surface area contributed by atoms with Gasteiger partial charge in [0, 0.05) is 16.9 Å². The van der Waals surface area contributed by atoms with E-state index >= 15 is 0 Å². The van der Waals surface area contributed by atoms with Gasteiger partial charge in [0.05, 0.1) is 6.54 Å². The lowest BCUT2D eigenvalue weighted by Crippen LogP contribution is -2.34. The van der Waals surface area contributed by atoms with Crippen LogP contribution in [0.1, 0.15) is 47.2 Å². The van der Waals surface area contributed by atoms with Crippen LogP contribution in [-0.2, 0) is 6.54 Å². The van der Waals surface area contributed by atoms with Crippen LogP contribution in [-0.4, -0.2) is 32.6 Å². The van der Waals surface area contributed by atoms with Crippen LogP contribution in [0.25, 0.3) is 16.7 Å². The highest BCUT2D eigenvalue weighted by molar-refractivity contribution is 6.03. The van der Waals surface area contributed by atoms with Crippen LogP contribution in [0.5, 0.6) is 0 Å². The maximum atomic E-state index is 13.8. The molecule has 9 heteroatoms. The first-order valence-corrected chi connectivity index (χ1v) is 14.3. The second-order valence-corrected chi connectivity index (χ2v) is 10.4. The Morgan fingerprint density at radius 3 is 2.30 bits per heavy atom. The summed E-state index contributed by atoms with van der Waals surface area (Å²) < 4.78 is 0. The van der Waals surface area contributed by atoms with E-state index in [4.69, 9.17) is 0 Å². The van der Waals surface area contributed by atoms with Gasteiger partial charge in [0.1, 0.15) is 0 Å². The summed E-state index contributed by atoms with van der Waals surface area (Å²) in [4.78, 5) is 28.1. The molecule has 0 radical (unpaired) electrons. The lowest BCUT2D eigenvalue weighted by molar-refractivity contribution is 0.102. The van der Waals surface area contributed by atoms with E-state index < -0.39 is 0 Å². The number of tetrazole rings is 1. The van der Waals surface area contributed by atoms with E-state index in [1.165, 1.54) is 24.0 Å². The molecule has 43 heavy (non-hydrogen) atoms. The summed E-state index contributed by atoms with van der Waals surface area (Å²) in [5, 5.41) is 18.9. The molecule has 9 nitrogen and oxygen atoms in total. The molecule has 5 aromatic rings. The molecule has 1 aliphatic carbocycles. The van der Waals surface area contributed by atoms with Gasteiger partial charge in [0.25, 0.3) is 11.9 Å². The van der Waals surface area contributed by atoms with Gasteiger partial charge in [-0.25, -0.2) is 4.79 Å². The van der Waals surface area contributed by atoms with Crippen molar-refractivity contribution >= 4 is 34.8 Å². The molecule has 0 unspecified atom stereocenters. The largest absolute Gasteiger partial charge is 0.326 e. The van der Waals surface area contributed by atoms with Gasteiger partial charge in [-0.3, -0.25) is 15.0 Å². The number of urea groups is 1. The molecule has 1 aromatic heterocycles. The third kappa shape index (κ3) is 6.84. The highest BCUT2D eigenvalue weighted by Crippen LogP contribution is 2.29. The number of carbonyl (C=O) groups is 2. The number of rotatable bonds is 8. The molecule has 0 bridgehead atoms. The first-order chi connectivity index (χ1) is 21.1. The van der Waals surface area contributed by atoms with E-state index in [0.29, 0.717) is 17.8 Å². The van der Waals surface area contributed by atoms with Crippen LogP contribution in [0.2, 0.25) is 0 Å². The van der Waals surface area contributed by atoms with E-state index in [1.807, 2.05) is 78.9 Å². The van der Waals surface area contributed by atoms with Crippen molar-refractivity contribution in [2.75, 3.05) is 15.5 Å². The number of amides is 3. The summed E-state index contributed by atoms with van der Waals surface area (Å²) in [6.07, 6.45) is 6.94. The van der Waals surface area contributed by atoms with E-state index in [1.54, 1.807) is 17.0 Å². The van der Waals surface area contributed by atoms with Crippen molar-refractivity contribution < 1.29 is 9.59 Å². The zero-order valence-corrected chi connectivity index (χ0v) is 23.5. The van der Waals surface area contributed by atoms with Crippen molar-refractivity contribution in [2.45, 2.75) is 32.2 Å². The zero-order chi connectivity index (χ0) is 29.4. The maximum absolute atomic E-state index is 13.8. The van der Waals surface area contributed by atoms with Gasteiger partial charge < -0.3 is 5.32 Å². The highest BCUT2D eigenvalue weighted by Gasteiger charge is 2.18. The first-order valence-electron chi connectivity index (χ1n) is 14.3. The van der Waals surface area contributed by atoms with Gasteiger partial charge in [-0.15, -0.1) is 5.10 Å². The van der Waals surface area contributed by atoms with Crippen molar-refractivity contribution in [1.82, 2.24) is 20.6 Å². The predicted octanol–water partition coefficient (Wildman–Crippen LogP) is 7.32. The van der Waals surface area contributed by atoms with Gasteiger partial charge in [-0.05, 0) is 95.1 Å². The van der Waals surface area contributed by atoms with Crippen LogP contribution < -0.4 is 15.5 Å². The van der Waals surface area contributed by atoms with E-state index in [9.17, 15) is 9.59 Å². The normalized spacial score (nSPS) is 12.7. The molecule has 3 amide bonds. The highest BCUT2D eigenvalue weighted by atomic mass is 16.2. The standard InChI is InChI=1S/C34H31N7O2/c42-32(36-33-37-39-40-38-33)28-16-14-24(15-17-28)23-41(31-20-18-27(19-21-31)25-8-3-1-4-9-25)34(43)35-30-13-7-12-29(22-30)26-10-5-2-6-11-26/h2,5-8,10-22H,1,3-4,9,23H2,(H,35,43)(H2,36,37,38,39,40,42). The van der Waals surface area contributed by atoms with Crippen LogP contribution in [0.3, 0.4) is 0 Å². The number of aromatic amines is 1. The van der Waals surface area contributed by atoms with E-state index in [-0.39, 0.29) is 17.9 Å². The van der Waals surface area contributed by atoms with Crippen molar-refractivity contribution in [1.29, 1.82) is 0 Å². The van der Waals surface area contributed by atoms with Crippen molar-refractivity contribution in [3.63, 3.8) is 0 Å². The van der Waals surface area contributed by atoms with Gasteiger partial charge in [-0.2, -0.15) is 5.21 Å². The fraction of sp³-hybridized carbons (Fsp3) is 0.147. The number of nitrogens with one attached hydrogen (secondary N) is 3. The summed E-state index contributed by atoms with van der Waals surface area (Å²) in [6.45, 7) is 0.305. The minimum Gasteiger partial charge on any atom is -0.308 e. The quantitative estimate of drug-likeness (QED) is 0.181. The Balaban J connectivity index is 1.24. The minimum atomic E-state index is -0.353. The first kappa shape index (κ1) is 27.6. The average molecular weight is 570 g/mol. The molecule has 0 saturated heterocycles. The van der Waals surface area contributed by atoms with E-state index in [0.717, 1.165) is 35.2 Å². The summed E-state index contributed by atoms with van der Waals surface area (Å²) in [5.74, 6) is -0.255. The lowest BCUT2D eigenvalue weighted by Gasteiger charge is -2.24. The topological polar surface area (TPSA) is 116 Å². The molecule has 3 N–H and O–H groups in total. The molecule has 0 aliphatic heterocycles. The number of nitrogens with zero attached hydrogens (tertiary/aromatic N) is 4. The monoisotopic (exact) mass is 569 g/mol. The van der Waals surface area contributed by atoms with Crippen LogP contribution in [0.15, 0.2) is 109 Å². The number of aromatic nitrogens is 4. The van der Waals surface area contributed by atoms with Gasteiger partial charge in [0.2, 0.25) is 0 Å². The second kappa shape index (κ2) is 12.9. The summed E-state index contributed by atoms with van der Waals surface area (Å²) in [5.41, 5.74) is 7.43. The molecule has 0 saturated carbocycles. The lowest BCUT2D eigenvalue weighted by atomic mass is 9.93. The zero-order valence-electron chi connectivity index (χ0n) is 23.5. The molecule has 1 aliphatic rings. The minimum absolute atomic E-state index is 0.0979. The predicted molar refractivity (Wildman–Crippen MR) is 169 cm³/mol. The Morgan fingerprint density at radius 1 is 0.791 bits per heavy atom. The fourth-order valence-corrected chi connectivity index (χ4v) is 5.17. The van der Waals surface area contributed by atoms with Crippen LogP contribution >= 0.6 is 0 Å². The Labute approximate surface area is 249 Å². The molecule has 214 valence electrons. The fourth-order valence-electron chi connectivity index (χ4n) is 5.17. The molecule has 6 rings (SSSR count).